The van der Waals surface area contributed by atoms with E-state index in [4.69, 9.17) is 4.74 Å². The zero-order chi connectivity index (χ0) is 9.90. The van der Waals surface area contributed by atoms with Gasteiger partial charge in [-0.2, -0.15) is 0 Å². The molecule has 0 bridgehead atoms. The van der Waals surface area contributed by atoms with E-state index in [1.54, 1.807) is 7.11 Å². The summed E-state index contributed by atoms with van der Waals surface area (Å²) in [6.07, 6.45) is 1.88. The van der Waals surface area contributed by atoms with Gasteiger partial charge in [-0.1, -0.05) is 0 Å². The van der Waals surface area contributed by atoms with Crippen molar-refractivity contribution in [2.75, 3.05) is 20.2 Å². The van der Waals surface area contributed by atoms with Gasteiger partial charge in [0.25, 0.3) is 0 Å². The quantitative estimate of drug-likeness (QED) is 0.683. The molecule has 1 heterocycles. The molecule has 1 aliphatic heterocycles. The van der Waals surface area contributed by atoms with Gasteiger partial charge in [0.05, 0.1) is 11.7 Å². The molecular formula is C10H21NO2. The van der Waals surface area contributed by atoms with Gasteiger partial charge in [0.15, 0.2) is 0 Å². The summed E-state index contributed by atoms with van der Waals surface area (Å²) >= 11 is 0. The Morgan fingerprint density at radius 1 is 1.46 bits per heavy atom. The first-order chi connectivity index (χ1) is 6.05. The Labute approximate surface area is 80.5 Å². The van der Waals surface area contributed by atoms with Crippen LogP contribution in [0.5, 0.6) is 0 Å². The molecule has 0 spiro atoms. The lowest BCUT2D eigenvalue weighted by Gasteiger charge is -2.25. The van der Waals surface area contributed by atoms with Gasteiger partial charge in [-0.05, 0) is 32.6 Å². The van der Waals surface area contributed by atoms with Gasteiger partial charge < -0.3 is 15.2 Å². The molecule has 0 amide bonds. The Kier molecular flexibility index (Phi) is 3.71. The van der Waals surface area contributed by atoms with Crippen LogP contribution in [0, 0.1) is 5.92 Å². The van der Waals surface area contributed by atoms with Crippen LogP contribution >= 0.6 is 0 Å². The van der Waals surface area contributed by atoms with E-state index in [-0.39, 0.29) is 11.7 Å². The van der Waals surface area contributed by atoms with E-state index >= 15 is 0 Å². The Hall–Kier alpha value is -0.120. The summed E-state index contributed by atoms with van der Waals surface area (Å²) < 4.78 is 5.33. The summed E-state index contributed by atoms with van der Waals surface area (Å²) in [5.74, 6) is 0.412. The molecule has 0 aromatic heterocycles. The Morgan fingerprint density at radius 3 is 2.62 bits per heavy atom. The monoisotopic (exact) mass is 187 g/mol. The summed E-state index contributed by atoms with van der Waals surface area (Å²) in [4.78, 5) is 0. The van der Waals surface area contributed by atoms with E-state index in [9.17, 15) is 5.11 Å². The second-order valence-electron chi connectivity index (χ2n) is 4.49. The summed E-state index contributed by atoms with van der Waals surface area (Å²) in [5, 5.41) is 12.7. The van der Waals surface area contributed by atoms with E-state index in [0.29, 0.717) is 5.92 Å². The third kappa shape index (κ3) is 3.25. The minimum atomic E-state index is -0.160. The summed E-state index contributed by atoms with van der Waals surface area (Å²) in [7, 11) is 1.74. The molecule has 78 valence electrons. The van der Waals surface area contributed by atoms with Crippen LogP contribution < -0.4 is 5.32 Å². The van der Waals surface area contributed by atoms with Crippen molar-refractivity contribution >= 4 is 0 Å². The smallest absolute Gasteiger partial charge is 0.0704 e. The molecule has 1 saturated heterocycles. The van der Waals surface area contributed by atoms with Gasteiger partial charge in [0.2, 0.25) is 0 Å². The van der Waals surface area contributed by atoms with Crippen molar-refractivity contribution in [3.8, 4) is 0 Å². The Morgan fingerprint density at radius 2 is 2.15 bits per heavy atom. The highest BCUT2D eigenvalue weighted by molar-refractivity contribution is 4.82. The Balaban J connectivity index is 2.25. The van der Waals surface area contributed by atoms with Crippen molar-refractivity contribution in [3.63, 3.8) is 0 Å². The molecule has 0 radical (unpaired) electrons. The van der Waals surface area contributed by atoms with Gasteiger partial charge in [-0.15, -0.1) is 0 Å². The van der Waals surface area contributed by atoms with Gasteiger partial charge in [0.1, 0.15) is 0 Å². The molecule has 2 N–H and O–H groups in total. The molecule has 2 unspecified atom stereocenters. The molecule has 2 atom stereocenters. The first-order valence-electron chi connectivity index (χ1n) is 4.99. The van der Waals surface area contributed by atoms with E-state index in [1.165, 1.54) is 0 Å². The normalized spacial score (nSPS) is 29.5. The lowest BCUT2D eigenvalue weighted by molar-refractivity contribution is 0.00642. The molecule has 1 aliphatic rings. The molecule has 0 aromatic rings. The van der Waals surface area contributed by atoms with Gasteiger partial charge in [-0.3, -0.25) is 0 Å². The molecule has 3 nitrogen and oxygen atoms in total. The molecule has 0 aliphatic carbocycles. The van der Waals surface area contributed by atoms with Crippen LogP contribution in [0.3, 0.4) is 0 Å². The van der Waals surface area contributed by atoms with Gasteiger partial charge in [0, 0.05) is 20.2 Å². The molecule has 1 rings (SSSR count). The first-order valence-corrected chi connectivity index (χ1v) is 4.99. The predicted octanol–water partition coefficient (Wildman–Crippen LogP) is 0.772. The Bertz CT molecular complexity index is 159. The van der Waals surface area contributed by atoms with Crippen LogP contribution in [0.1, 0.15) is 26.7 Å². The fourth-order valence-corrected chi connectivity index (χ4v) is 1.65. The van der Waals surface area contributed by atoms with Crippen LogP contribution in [0.15, 0.2) is 0 Å². The number of nitrogens with one attached hydrogen (secondary N) is 1. The molecule has 0 saturated carbocycles. The maximum Gasteiger partial charge on any atom is 0.0704 e. The van der Waals surface area contributed by atoms with Crippen molar-refractivity contribution in [1.82, 2.24) is 5.32 Å². The molecular weight excluding hydrogens is 166 g/mol. The van der Waals surface area contributed by atoms with Crippen molar-refractivity contribution < 1.29 is 9.84 Å². The minimum absolute atomic E-state index is 0.0533. The SMILES string of the molecule is COC(C)(C)CCC1CNCC1O. The number of hydrogen-bond donors (Lipinski definition) is 2. The van der Waals surface area contributed by atoms with E-state index in [2.05, 4.69) is 19.2 Å². The van der Waals surface area contributed by atoms with E-state index < -0.39 is 0 Å². The average molecular weight is 187 g/mol. The fourth-order valence-electron chi connectivity index (χ4n) is 1.65. The molecule has 1 fully saturated rings. The van der Waals surface area contributed by atoms with Crippen LogP contribution in [0.25, 0.3) is 0 Å². The molecule has 13 heavy (non-hydrogen) atoms. The summed E-state index contributed by atoms with van der Waals surface area (Å²) in [5.41, 5.74) is -0.0533. The maximum atomic E-state index is 9.56. The number of ether oxygens (including phenoxy) is 1. The van der Waals surface area contributed by atoms with Crippen LogP contribution in [0.2, 0.25) is 0 Å². The molecule has 0 aromatic carbocycles. The van der Waals surface area contributed by atoms with Crippen molar-refractivity contribution in [2.45, 2.75) is 38.4 Å². The highest BCUT2D eigenvalue weighted by atomic mass is 16.5. The summed E-state index contributed by atoms with van der Waals surface area (Å²) in [6.45, 7) is 5.86. The predicted molar refractivity (Wildman–Crippen MR) is 52.7 cm³/mol. The van der Waals surface area contributed by atoms with Gasteiger partial charge >= 0.3 is 0 Å². The number of aliphatic hydroxyl groups is 1. The number of β-amino-alcohol motifs (C(OH)–C–C–N with tert-alkyl or cyclic N) is 1. The zero-order valence-corrected chi connectivity index (χ0v) is 8.84. The molecule has 3 heteroatoms. The van der Waals surface area contributed by atoms with E-state index in [1.807, 2.05) is 0 Å². The highest BCUT2D eigenvalue weighted by Crippen LogP contribution is 2.22. The van der Waals surface area contributed by atoms with Crippen molar-refractivity contribution in [3.05, 3.63) is 0 Å². The number of methoxy groups -OCH3 is 1. The lowest BCUT2D eigenvalue weighted by atomic mass is 9.93. The standard InChI is InChI=1S/C10H21NO2/c1-10(2,13-3)5-4-8-6-11-7-9(8)12/h8-9,11-12H,4-7H2,1-3H3. The second kappa shape index (κ2) is 4.40. The third-order valence-electron chi connectivity index (χ3n) is 2.97. The van der Waals surface area contributed by atoms with Crippen molar-refractivity contribution in [2.24, 2.45) is 5.92 Å². The van der Waals surface area contributed by atoms with Crippen LogP contribution in [-0.4, -0.2) is 37.0 Å². The topological polar surface area (TPSA) is 41.5 Å². The van der Waals surface area contributed by atoms with Crippen LogP contribution in [-0.2, 0) is 4.74 Å². The van der Waals surface area contributed by atoms with E-state index in [0.717, 1.165) is 25.9 Å². The second-order valence-corrected chi connectivity index (χ2v) is 4.49. The average Bonchev–Trinajstić information content (AvgIpc) is 2.48. The van der Waals surface area contributed by atoms with Crippen LogP contribution in [0.4, 0.5) is 0 Å². The maximum absolute atomic E-state index is 9.56. The highest BCUT2D eigenvalue weighted by Gasteiger charge is 2.27. The number of aliphatic hydroxyl groups excluding tert-OH is 1. The van der Waals surface area contributed by atoms with Crippen molar-refractivity contribution in [1.29, 1.82) is 0 Å². The largest absolute Gasteiger partial charge is 0.391 e. The fraction of sp³-hybridized carbons (Fsp3) is 1.00. The number of rotatable bonds is 4. The summed E-state index contributed by atoms with van der Waals surface area (Å²) in [6, 6.07) is 0. The van der Waals surface area contributed by atoms with Gasteiger partial charge in [-0.25, -0.2) is 0 Å². The third-order valence-corrected chi connectivity index (χ3v) is 2.97. The number of hydrogen-bond acceptors (Lipinski definition) is 3. The lowest BCUT2D eigenvalue weighted by Crippen LogP contribution is -2.26. The first kappa shape index (κ1) is 11.0. The minimum Gasteiger partial charge on any atom is -0.391 e. The zero-order valence-electron chi connectivity index (χ0n) is 8.84.